The molecule has 8 heteroatoms. The van der Waals surface area contributed by atoms with Crippen LogP contribution in [0.3, 0.4) is 0 Å². The number of nitrogens with one attached hydrogen (secondary N) is 1. The van der Waals surface area contributed by atoms with Gasteiger partial charge in [-0.1, -0.05) is 32.4 Å². The van der Waals surface area contributed by atoms with E-state index in [0.717, 1.165) is 0 Å². The molecule has 27 heavy (non-hydrogen) atoms. The van der Waals surface area contributed by atoms with Crippen LogP contribution in [0.2, 0.25) is 18.1 Å². The van der Waals surface area contributed by atoms with Gasteiger partial charge in [-0.15, -0.1) is 0 Å². The van der Waals surface area contributed by atoms with Crippen molar-refractivity contribution in [1.82, 2.24) is 5.32 Å². The van der Waals surface area contributed by atoms with E-state index in [4.69, 9.17) is 20.8 Å². The van der Waals surface area contributed by atoms with Crippen LogP contribution in [0.25, 0.3) is 0 Å². The van der Waals surface area contributed by atoms with Gasteiger partial charge in [-0.2, -0.15) is 0 Å². The molecule has 0 saturated carbocycles. The van der Waals surface area contributed by atoms with E-state index < -0.39 is 37.9 Å². The molecule has 1 aliphatic carbocycles. The zero-order valence-electron chi connectivity index (χ0n) is 17.7. The van der Waals surface area contributed by atoms with Gasteiger partial charge in [0.2, 0.25) is 0 Å². The van der Waals surface area contributed by atoms with E-state index in [9.17, 15) is 14.7 Å². The zero-order valence-corrected chi connectivity index (χ0v) is 19.4. The first kappa shape index (κ1) is 24.0. The first-order valence-corrected chi connectivity index (χ1v) is 12.6. The summed E-state index contributed by atoms with van der Waals surface area (Å²) in [5.41, 5.74) is -0.707. The third kappa shape index (κ3) is 7.12. The highest BCUT2D eigenvalue weighted by Gasteiger charge is 2.41. The normalized spacial score (nSPS) is 22.6. The topological polar surface area (TPSA) is 84.9 Å². The van der Waals surface area contributed by atoms with E-state index in [1.165, 1.54) is 0 Å². The minimum atomic E-state index is -1.96. The summed E-state index contributed by atoms with van der Waals surface area (Å²) in [5.74, 6) is -1.64. The molecule has 0 aliphatic heterocycles. The van der Waals surface area contributed by atoms with Crippen LogP contribution in [0.5, 0.6) is 0 Å². The standard InChI is InChI=1S/C19H34ClNO5Si/c1-18(2,3)25-17(24)21-15(16(22)23)13-10-9-12(11-14(13)20)26-27(7,8)19(4,5)6/h11-13,15H,9-10H2,1-8H3,(H,21,24)(H,22,23)/t12-,13+,15-/m0/s1. The van der Waals surface area contributed by atoms with Gasteiger partial charge in [-0.25, -0.2) is 9.59 Å². The van der Waals surface area contributed by atoms with Crippen molar-refractivity contribution < 1.29 is 23.9 Å². The minimum Gasteiger partial charge on any atom is -0.480 e. The second-order valence-corrected chi connectivity index (χ2v) is 14.8. The van der Waals surface area contributed by atoms with Crippen molar-refractivity contribution in [2.24, 2.45) is 5.92 Å². The van der Waals surface area contributed by atoms with Crippen molar-refractivity contribution in [1.29, 1.82) is 0 Å². The van der Waals surface area contributed by atoms with Crippen molar-refractivity contribution in [3.8, 4) is 0 Å². The molecule has 1 rings (SSSR count). The van der Waals surface area contributed by atoms with Crippen LogP contribution in [0.1, 0.15) is 54.4 Å². The lowest BCUT2D eigenvalue weighted by atomic mass is 9.88. The Morgan fingerprint density at radius 1 is 1.22 bits per heavy atom. The number of amides is 1. The Balaban J connectivity index is 2.88. The van der Waals surface area contributed by atoms with Gasteiger partial charge in [0.1, 0.15) is 11.6 Å². The van der Waals surface area contributed by atoms with Gasteiger partial charge in [0.25, 0.3) is 0 Å². The average Bonchev–Trinajstić information content (AvgIpc) is 2.41. The largest absolute Gasteiger partial charge is 0.480 e. The van der Waals surface area contributed by atoms with E-state index in [-0.39, 0.29) is 11.1 Å². The van der Waals surface area contributed by atoms with Crippen LogP contribution in [0.15, 0.2) is 11.1 Å². The van der Waals surface area contributed by atoms with Crippen molar-refractivity contribution in [2.45, 2.75) is 90.3 Å². The summed E-state index contributed by atoms with van der Waals surface area (Å²) in [6, 6.07) is -1.14. The van der Waals surface area contributed by atoms with Gasteiger partial charge in [0.15, 0.2) is 8.32 Å². The van der Waals surface area contributed by atoms with Crippen molar-refractivity contribution in [3.05, 3.63) is 11.1 Å². The SMILES string of the molecule is CC(C)(C)OC(=O)N[C@H](C(=O)O)[C@@H]1CC[C@H](O[Si](C)(C)C(C)(C)C)C=C1Cl. The molecule has 0 radical (unpaired) electrons. The number of carboxylic acids is 1. The molecule has 0 unspecified atom stereocenters. The van der Waals surface area contributed by atoms with E-state index in [1.807, 2.05) is 0 Å². The van der Waals surface area contributed by atoms with E-state index in [1.54, 1.807) is 26.8 Å². The number of alkyl carbamates (subject to hydrolysis) is 1. The Hall–Kier alpha value is -1.05. The van der Waals surface area contributed by atoms with E-state index in [0.29, 0.717) is 17.9 Å². The number of hydrogen-bond donors (Lipinski definition) is 2. The Labute approximate surface area is 168 Å². The highest BCUT2D eigenvalue weighted by atomic mass is 35.5. The predicted molar refractivity (Wildman–Crippen MR) is 110 cm³/mol. The third-order valence-electron chi connectivity index (χ3n) is 5.05. The molecule has 2 N–H and O–H groups in total. The third-order valence-corrected chi connectivity index (χ3v) is 9.97. The van der Waals surface area contributed by atoms with Crippen LogP contribution in [0, 0.1) is 5.92 Å². The Bertz CT molecular complexity index is 592. The molecule has 0 aromatic carbocycles. The lowest BCUT2D eigenvalue weighted by molar-refractivity contribution is -0.140. The number of carbonyl (C=O) groups is 2. The van der Waals surface area contributed by atoms with Crippen LogP contribution in [-0.2, 0) is 14.0 Å². The van der Waals surface area contributed by atoms with Crippen molar-refractivity contribution in [3.63, 3.8) is 0 Å². The summed E-state index contributed by atoms with van der Waals surface area (Å²) in [7, 11) is -1.96. The summed E-state index contributed by atoms with van der Waals surface area (Å²) in [4.78, 5) is 23.7. The Morgan fingerprint density at radius 3 is 2.19 bits per heavy atom. The zero-order chi connectivity index (χ0) is 21.2. The molecule has 6 nitrogen and oxygen atoms in total. The first-order chi connectivity index (χ1) is 12.0. The number of rotatable bonds is 5. The Morgan fingerprint density at radius 2 is 1.78 bits per heavy atom. The fourth-order valence-corrected chi connectivity index (χ4v) is 4.28. The van der Waals surface area contributed by atoms with Crippen LogP contribution >= 0.6 is 11.6 Å². The molecule has 0 aromatic rings. The number of carboxylic acid groups (broad SMARTS) is 1. The van der Waals surface area contributed by atoms with Gasteiger partial charge in [0, 0.05) is 11.0 Å². The highest BCUT2D eigenvalue weighted by molar-refractivity contribution is 6.74. The van der Waals surface area contributed by atoms with Gasteiger partial charge in [0.05, 0.1) is 6.10 Å². The molecular weight excluding hydrogens is 386 g/mol. The molecule has 0 fully saturated rings. The average molecular weight is 420 g/mol. The molecule has 3 atom stereocenters. The Kier molecular flexibility index (Phi) is 7.58. The van der Waals surface area contributed by atoms with E-state index >= 15 is 0 Å². The molecule has 0 heterocycles. The second-order valence-electron chi connectivity index (χ2n) is 9.61. The number of ether oxygens (including phenoxy) is 1. The molecular formula is C19H34ClNO5Si. The molecule has 1 amide bonds. The summed E-state index contributed by atoms with van der Waals surface area (Å²) < 4.78 is 11.5. The summed E-state index contributed by atoms with van der Waals surface area (Å²) in [6.45, 7) is 16.0. The van der Waals surface area contributed by atoms with Gasteiger partial charge >= 0.3 is 12.1 Å². The molecule has 0 spiro atoms. The monoisotopic (exact) mass is 419 g/mol. The first-order valence-electron chi connectivity index (χ1n) is 9.31. The van der Waals surface area contributed by atoms with Gasteiger partial charge < -0.3 is 19.6 Å². The van der Waals surface area contributed by atoms with Crippen LogP contribution in [0.4, 0.5) is 4.79 Å². The number of carbonyl (C=O) groups excluding carboxylic acids is 1. The number of hydrogen-bond acceptors (Lipinski definition) is 4. The summed E-state index contributed by atoms with van der Waals surface area (Å²) >= 11 is 6.42. The lowest BCUT2D eigenvalue weighted by Crippen LogP contribution is -2.49. The smallest absolute Gasteiger partial charge is 0.408 e. The van der Waals surface area contributed by atoms with Crippen LogP contribution < -0.4 is 5.32 Å². The fourth-order valence-electron chi connectivity index (χ4n) is 2.61. The molecule has 1 aliphatic rings. The quantitative estimate of drug-likeness (QED) is 0.620. The lowest BCUT2D eigenvalue weighted by Gasteiger charge is -2.40. The predicted octanol–water partition coefficient (Wildman–Crippen LogP) is 4.89. The van der Waals surface area contributed by atoms with Crippen molar-refractivity contribution in [2.75, 3.05) is 0 Å². The highest BCUT2D eigenvalue weighted by Crippen LogP contribution is 2.40. The van der Waals surface area contributed by atoms with Gasteiger partial charge in [-0.05, 0) is 57.8 Å². The summed E-state index contributed by atoms with van der Waals surface area (Å²) in [6.07, 6.45) is 2.07. The molecule has 156 valence electrons. The molecule has 0 saturated heterocycles. The molecule has 0 bridgehead atoms. The maximum atomic E-state index is 12.0. The fraction of sp³-hybridized carbons (Fsp3) is 0.789. The number of halogens is 1. The maximum Gasteiger partial charge on any atom is 0.408 e. The van der Waals surface area contributed by atoms with Gasteiger partial charge in [-0.3, -0.25) is 0 Å². The number of aliphatic carboxylic acids is 1. The van der Waals surface area contributed by atoms with Crippen molar-refractivity contribution >= 4 is 32.0 Å². The summed E-state index contributed by atoms with van der Waals surface area (Å²) in [5, 5.41) is 12.5. The maximum absolute atomic E-state index is 12.0. The van der Waals surface area contributed by atoms with E-state index in [2.05, 4.69) is 39.2 Å². The second kappa shape index (κ2) is 8.53. The van der Waals surface area contributed by atoms with Crippen LogP contribution in [-0.4, -0.2) is 43.2 Å². The molecule has 0 aromatic heterocycles. The minimum absolute atomic E-state index is 0.0754.